The van der Waals surface area contributed by atoms with E-state index in [1.54, 1.807) is 0 Å². The van der Waals surface area contributed by atoms with E-state index in [9.17, 15) is 0 Å². The van der Waals surface area contributed by atoms with Crippen molar-refractivity contribution in [1.29, 1.82) is 0 Å². The molecule has 0 rings (SSSR count). The monoisotopic (exact) mass is 579 g/mol. The van der Waals surface area contributed by atoms with Crippen LogP contribution in [0.5, 0.6) is 0 Å². The standard InChI is InChI=1S/C31H65NO8/c1-29(2)7-13-33-19-22-36-16-10-32(11-17-37-23-27-39-25-20-34-14-8-30(3)4)12-18-38-24-28-40-26-21-35-15-9-31(5)6/h29-31H,7-28H2,1-6H3. The summed E-state index contributed by atoms with van der Waals surface area (Å²) in [6.45, 7) is 26.1. The smallest absolute Gasteiger partial charge is 0.0701 e. The second kappa shape index (κ2) is 31.6. The Hall–Kier alpha value is -0.360. The van der Waals surface area contributed by atoms with Crippen LogP contribution in [-0.2, 0) is 37.9 Å². The van der Waals surface area contributed by atoms with Crippen molar-refractivity contribution in [3.63, 3.8) is 0 Å². The van der Waals surface area contributed by atoms with Crippen LogP contribution in [0.2, 0.25) is 0 Å². The van der Waals surface area contributed by atoms with E-state index < -0.39 is 0 Å². The molecule has 0 bridgehead atoms. The third kappa shape index (κ3) is 33.8. The van der Waals surface area contributed by atoms with Crippen LogP contribution < -0.4 is 0 Å². The summed E-state index contributed by atoms with van der Waals surface area (Å²) in [5.74, 6) is 2.01. The van der Waals surface area contributed by atoms with Crippen LogP contribution in [0, 0.1) is 17.8 Å². The molecule has 0 N–H and O–H groups in total. The van der Waals surface area contributed by atoms with Crippen molar-refractivity contribution in [1.82, 2.24) is 4.90 Å². The highest BCUT2D eigenvalue weighted by Gasteiger charge is 2.06. The lowest BCUT2D eigenvalue weighted by atomic mass is 10.1. The van der Waals surface area contributed by atoms with E-state index in [1.807, 2.05) is 0 Å². The molecule has 0 atom stereocenters. The van der Waals surface area contributed by atoms with Crippen LogP contribution in [0.1, 0.15) is 60.8 Å². The third-order valence-corrected chi connectivity index (χ3v) is 6.03. The van der Waals surface area contributed by atoms with Gasteiger partial charge in [0.05, 0.1) is 85.9 Å². The van der Waals surface area contributed by atoms with E-state index in [4.69, 9.17) is 37.9 Å². The first-order valence-corrected chi connectivity index (χ1v) is 15.8. The summed E-state index contributed by atoms with van der Waals surface area (Å²) in [4.78, 5) is 2.31. The average molecular weight is 580 g/mol. The zero-order valence-electron chi connectivity index (χ0n) is 27.0. The lowest BCUT2D eigenvalue weighted by Gasteiger charge is -2.22. The highest BCUT2D eigenvalue weighted by molar-refractivity contribution is 4.57. The molecule has 0 aromatic rings. The Bertz CT molecular complexity index is 452. The minimum Gasteiger partial charge on any atom is -0.379 e. The normalized spacial score (nSPS) is 12.2. The van der Waals surface area contributed by atoms with E-state index >= 15 is 0 Å². The Kier molecular flexibility index (Phi) is 31.3. The van der Waals surface area contributed by atoms with Crippen LogP contribution >= 0.6 is 0 Å². The van der Waals surface area contributed by atoms with Crippen molar-refractivity contribution >= 4 is 0 Å². The van der Waals surface area contributed by atoms with E-state index in [1.165, 1.54) is 0 Å². The fourth-order valence-corrected chi connectivity index (χ4v) is 3.28. The van der Waals surface area contributed by atoms with Gasteiger partial charge in [0.15, 0.2) is 0 Å². The highest BCUT2D eigenvalue weighted by Crippen LogP contribution is 2.00. The molecular formula is C31H65NO8. The first-order valence-electron chi connectivity index (χ1n) is 15.8. The minimum absolute atomic E-state index is 0.582. The fraction of sp³-hybridized carbons (Fsp3) is 1.00. The molecule has 0 saturated heterocycles. The van der Waals surface area contributed by atoms with Gasteiger partial charge in [-0.2, -0.15) is 0 Å². The molecule has 0 fully saturated rings. The highest BCUT2D eigenvalue weighted by atomic mass is 16.6. The third-order valence-electron chi connectivity index (χ3n) is 6.03. The zero-order chi connectivity index (χ0) is 29.5. The summed E-state index contributed by atoms with van der Waals surface area (Å²) >= 11 is 0. The van der Waals surface area contributed by atoms with Gasteiger partial charge in [0.1, 0.15) is 0 Å². The van der Waals surface area contributed by atoms with Gasteiger partial charge in [-0.25, -0.2) is 0 Å². The maximum atomic E-state index is 5.79. The summed E-state index contributed by atoms with van der Waals surface area (Å²) in [5.41, 5.74) is 0. The van der Waals surface area contributed by atoms with Gasteiger partial charge >= 0.3 is 0 Å². The maximum absolute atomic E-state index is 5.79. The van der Waals surface area contributed by atoms with Crippen molar-refractivity contribution in [2.45, 2.75) is 60.8 Å². The van der Waals surface area contributed by atoms with Gasteiger partial charge in [-0.05, 0) is 37.0 Å². The summed E-state index contributed by atoms with van der Waals surface area (Å²) in [7, 11) is 0. The van der Waals surface area contributed by atoms with Crippen LogP contribution in [0.3, 0.4) is 0 Å². The lowest BCUT2D eigenvalue weighted by molar-refractivity contribution is -0.00386. The van der Waals surface area contributed by atoms with Crippen LogP contribution in [0.25, 0.3) is 0 Å². The van der Waals surface area contributed by atoms with Crippen LogP contribution in [0.15, 0.2) is 0 Å². The summed E-state index contributed by atoms with van der Waals surface area (Å²) in [6, 6.07) is 0. The van der Waals surface area contributed by atoms with Gasteiger partial charge in [0, 0.05) is 39.5 Å². The van der Waals surface area contributed by atoms with Gasteiger partial charge in [0.2, 0.25) is 0 Å². The Morgan fingerprint density at radius 2 is 0.500 bits per heavy atom. The van der Waals surface area contributed by atoms with Gasteiger partial charge in [-0.3, -0.25) is 4.90 Å². The Balaban J connectivity index is 3.91. The van der Waals surface area contributed by atoms with E-state index in [2.05, 4.69) is 46.4 Å². The number of hydrogen-bond acceptors (Lipinski definition) is 9. The molecule has 0 radical (unpaired) electrons. The van der Waals surface area contributed by atoms with Crippen LogP contribution in [0.4, 0.5) is 0 Å². The molecule has 9 heteroatoms. The second-order valence-electron chi connectivity index (χ2n) is 11.3. The quantitative estimate of drug-likeness (QED) is 0.104. The molecule has 0 aromatic heterocycles. The SMILES string of the molecule is CC(C)CCOCCOCCOCCN(CCOCCOCCOCCC(C)C)CCOCCOCCC(C)C. The van der Waals surface area contributed by atoms with E-state index in [0.717, 1.165) is 58.7 Å². The Labute approximate surface area is 246 Å². The first-order chi connectivity index (χ1) is 19.4. The van der Waals surface area contributed by atoms with E-state index in [-0.39, 0.29) is 0 Å². The van der Waals surface area contributed by atoms with Crippen LogP contribution in [-0.4, -0.2) is 130 Å². The fourth-order valence-electron chi connectivity index (χ4n) is 3.28. The van der Waals surface area contributed by atoms with Crippen molar-refractivity contribution < 1.29 is 37.9 Å². The number of nitrogens with zero attached hydrogens (tertiary/aromatic N) is 1. The largest absolute Gasteiger partial charge is 0.379 e. The van der Waals surface area contributed by atoms with Gasteiger partial charge in [-0.1, -0.05) is 41.5 Å². The lowest BCUT2D eigenvalue weighted by Crippen LogP contribution is -2.34. The van der Waals surface area contributed by atoms with Gasteiger partial charge in [0.25, 0.3) is 0 Å². The van der Waals surface area contributed by atoms with E-state index in [0.29, 0.717) is 104 Å². The summed E-state index contributed by atoms with van der Waals surface area (Å²) in [5, 5.41) is 0. The molecule has 242 valence electrons. The summed E-state index contributed by atoms with van der Waals surface area (Å²) in [6.07, 6.45) is 3.26. The van der Waals surface area contributed by atoms with Gasteiger partial charge in [-0.15, -0.1) is 0 Å². The molecular weight excluding hydrogens is 514 g/mol. The number of hydrogen-bond donors (Lipinski definition) is 0. The van der Waals surface area contributed by atoms with Crippen molar-refractivity contribution in [2.75, 3.05) is 125 Å². The van der Waals surface area contributed by atoms with Gasteiger partial charge < -0.3 is 37.9 Å². The molecule has 0 aliphatic carbocycles. The molecule has 0 spiro atoms. The van der Waals surface area contributed by atoms with Crippen molar-refractivity contribution in [3.05, 3.63) is 0 Å². The topological polar surface area (TPSA) is 77.1 Å². The second-order valence-corrected chi connectivity index (χ2v) is 11.3. The molecule has 0 aromatic carbocycles. The molecule has 0 saturated carbocycles. The summed E-state index contributed by atoms with van der Waals surface area (Å²) < 4.78 is 45.3. The van der Waals surface area contributed by atoms with Crippen molar-refractivity contribution in [3.8, 4) is 0 Å². The molecule has 0 amide bonds. The Morgan fingerprint density at radius 1 is 0.300 bits per heavy atom. The zero-order valence-corrected chi connectivity index (χ0v) is 27.0. The molecule has 0 unspecified atom stereocenters. The predicted molar refractivity (Wildman–Crippen MR) is 161 cm³/mol. The predicted octanol–water partition coefficient (Wildman–Crippen LogP) is 4.56. The molecule has 40 heavy (non-hydrogen) atoms. The number of ether oxygens (including phenoxy) is 8. The Morgan fingerprint density at radius 3 is 0.725 bits per heavy atom. The molecule has 0 aliphatic heterocycles. The number of rotatable bonds is 33. The first kappa shape index (κ1) is 39.6. The minimum atomic E-state index is 0.582. The maximum Gasteiger partial charge on any atom is 0.0701 e. The molecule has 0 aliphatic rings. The molecule has 0 heterocycles. The molecule has 9 nitrogen and oxygen atoms in total. The average Bonchev–Trinajstić information content (AvgIpc) is 2.90. The van der Waals surface area contributed by atoms with Crippen molar-refractivity contribution in [2.24, 2.45) is 17.8 Å².